The third-order valence-electron chi connectivity index (χ3n) is 7.48. The number of benzene rings is 5. The molecule has 40 heavy (non-hydrogen) atoms. The molecule has 3 nitrogen and oxygen atoms in total. The van der Waals surface area contributed by atoms with Gasteiger partial charge in [0.1, 0.15) is 17.1 Å². The highest BCUT2D eigenvalue weighted by atomic mass is 79.9. The zero-order valence-corrected chi connectivity index (χ0v) is 24.0. The SMILES string of the molecule is O=C(c1c2ccccc2cc2ccccc12)c1c(-c2ccc(OCCCCCCCBr)cc2)oc2ccccc12. The van der Waals surface area contributed by atoms with Crippen molar-refractivity contribution in [3.8, 4) is 17.1 Å². The van der Waals surface area contributed by atoms with E-state index >= 15 is 0 Å². The summed E-state index contributed by atoms with van der Waals surface area (Å²) in [5.74, 6) is 1.38. The number of hydrogen-bond donors (Lipinski definition) is 0. The molecule has 0 aliphatic carbocycles. The molecule has 1 heterocycles. The molecule has 0 radical (unpaired) electrons. The van der Waals surface area contributed by atoms with Crippen molar-refractivity contribution in [2.45, 2.75) is 32.1 Å². The van der Waals surface area contributed by atoms with Gasteiger partial charge in [-0.1, -0.05) is 102 Å². The Balaban J connectivity index is 1.36. The Bertz CT molecular complexity index is 1730. The Hall–Kier alpha value is -3.89. The van der Waals surface area contributed by atoms with E-state index in [-0.39, 0.29) is 5.78 Å². The maximum absolute atomic E-state index is 14.6. The Kier molecular flexibility index (Phi) is 7.97. The van der Waals surface area contributed by atoms with Crippen molar-refractivity contribution in [2.24, 2.45) is 0 Å². The third-order valence-corrected chi connectivity index (χ3v) is 8.04. The van der Waals surface area contributed by atoms with Crippen LogP contribution in [0.1, 0.15) is 48.0 Å². The number of carbonyl (C=O) groups is 1. The maximum atomic E-state index is 14.6. The maximum Gasteiger partial charge on any atom is 0.198 e. The molecule has 6 rings (SSSR count). The molecule has 0 fully saturated rings. The van der Waals surface area contributed by atoms with Crippen molar-refractivity contribution in [1.82, 2.24) is 0 Å². The smallest absolute Gasteiger partial charge is 0.198 e. The summed E-state index contributed by atoms with van der Waals surface area (Å²) in [5.41, 5.74) is 2.85. The standard InChI is InChI=1S/C36H31BrO3/c37-22-10-2-1-3-11-23-39-28-20-18-25(19-21-28)36-34(31-16-8-9-17-32(31)40-36)35(38)33-29-14-6-4-12-26(29)24-27-13-5-7-15-30(27)33/h4-9,12-21,24H,1-3,10-11,22-23H2. The first-order valence-electron chi connectivity index (χ1n) is 14.0. The van der Waals surface area contributed by atoms with Gasteiger partial charge in [-0.2, -0.15) is 0 Å². The summed E-state index contributed by atoms with van der Waals surface area (Å²) in [6.45, 7) is 0.705. The van der Waals surface area contributed by atoms with Crippen LogP contribution >= 0.6 is 15.9 Å². The van der Waals surface area contributed by atoms with Crippen LogP contribution < -0.4 is 4.74 Å². The highest BCUT2D eigenvalue weighted by Gasteiger charge is 2.26. The molecular weight excluding hydrogens is 560 g/mol. The largest absolute Gasteiger partial charge is 0.494 e. The van der Waals surface area contributed by atoms with E-state index in [1.54, 1.807) is 0 Å². The normalized spacial score (nSPS) is 11.4. The fourth-order valence-corrected chi connectivity index (χ4v) is 5.87. The first-order chi connectivity index (χ1) is 19.7. The van der Waals surface area contributed by atoms with E-state index in [0.29, 0.717) is 29.1 Å². The zero-order chi connectivity index (χ0) is 27.3. The number of ketones is 1. The Morgan fingerprint density at radius 2 is 1.25 bits per heavy atom. The zero-order valence-electron chi connectivity index (χ0n) is 22.4. The molecule has 6 aromatic rings. The molecule has 0 saturated heterocycles. The third kappa shape index (κ3) is 5.29. The number of para-hydroxylation sites is 1. The molecule has 0 aliphatic heterocycles. The van der Waals surface area contributed by atoms with Crippen molar-refractivity contribution >= 4 is 54.2 Å². The summed E-state index contributed by atoms with van der Waals surface area (Å²) < 4.78 is 12.4. The molecule has 4 heteroatoms. The van der Waals surface area contributed by atoms with Crippen LogP contribution in [0, 0.1) is 0 Å². The van der Waals surface area contributed by atoms with Crippen LogP contribution in [0.5, 0.6) is 5.75 Å². The monoisotopic (exact) mass is 590 g/mol. The Morgan fingerprint density at radius 3 is 1.95 bits per heavy atom. The van der Waals surface area contributed by atoms with Gasteiger partial charge >= 0.3 is 0 Å². The van der Waals surface area contributed by atoms with E-state index < -0.39 is 0 Å². The highest BCUT2D eigenvalue weighted by Crippen LogP contribution is 2.38. The molecule has 0 saturated carbocycles. The van der Waals surface area contributed by atoms with Crippen LogP contribution in [0.2, 0.25) is 0 Å². The Labute approximate surface area is 242 Å². The van der Waals surface area contributed by atoms with Crippen LogP contribution in [0.25, 0.3) is 43.8 Å². The van der Waals surface area contributed by atoms with Crippen LogP contribution in [0.4, 0.5) is 0 Å². The van der Waals surface area contributed by atoms with E-state index in [2.05, 4.69) is 34.1 Å². The van der Waals surface area contributed by atoms with Gasteiger partial charge in [0.25, 0.3) is 0 Å². The number of carbonyl (C=O) groups excluding carboxylic acids is 1. The average molecular weight is 592 g/mol. The molecule has 0 amide bonds. The van der Waals surface area contributed by atoms with Gasteiger partial charge in [0, 0.05) is 21.8 Å². The van der Waals surface area contributed by atoms with E-state index in [4.69, 9.17) is 9.15 Å². The number of fused-ring (bicyclic) bond motifs is 3. The number of alkyl halides is 1. The fourth-order valence-electron chi connectivity index (χ4n) is 5.48. The van der Waals surface area contributed by atoms with Gasteiger partial charge in [0.05, 0.1) is 12.2 Å². The second kappa shape index (κ2) is 12.1. The number of rotatable bonds is 11. The van der Waals surface area contributed by atoms with Crippen molar-refractivity contribution in [2.75, 3.05) is 11.9 Å². The highest BCUT2D eigenvalue weighted by molar-refractivity contribution is 9.09. The number of halogens is 1. The second-order valence-electron chi connectivity index (χ2n) is 10.2. The van der Waals surface area contributed by atoms with E-state index in [1.165, 1.54) is 25.7 Å². The van der Waals surface area contributed by atoms with Crippen molar-refractivity contribution < 1.29 is 13.9 Å². The van der Waals surface area contributed by atoms with E-state index in [9.17, 15) is 4.79 Å². The quantitative estimate of drug-likeness (QED) is 0.0651. The topological polar surface area (TPSA) is 39.4 Å². The molecule has 0 aliphatic rings. The summed E-state index contributed by atoms with van der Waals surface area (Å²) in [5, 5.41) is 5.87. The van der Waals surface area contributed by atoms with Crippen LogP contribution in [0.3, 0.4) is 0 Å². The van der Waals surface area contributed by atoms with E-state index in [1.807, 2.05) is 84.9 Å². The predicted octanol–water partition coefficient (Wildman–Crippen LogP) is 10.4. The summed E-state index contributed by atoms with van der Waals surface area (Å²) in [6.07, 6.45) is 5.95. The van der Waals surface area contributed by atoms with Gasteiger partial charge < -0.3 is 9.15 Å². The molecule has 0 unspecified atom stereocenters. The first kappa shape index (κ1) is 26.3. The number of hydrogen-bond acceptors (Lipinski definition) is 3. The molecule has 200 valence electrons. The van der Waals surface area contributed by atoms with Gasteiger partial charge in [-0.25, -0.2) is 0 Å². The lowest BCUT2D eigenvalue weighted by Crippen LogP contribution is -2.05. The van der Waals surface area contributed by atoms with Gasteiger partial charge in [0.15, 0.2) is 5.78 Å². The molecule has 5 aromatic carbocycles. The minimum absolute atomic E-state index is 0.0341. The number of ether oxygens (including phenoxy) is 1. The van der Waals surface area contributed by atoms with Crippen molar-refractivity contribution in [3.63, 3.8) is 0 Å². The first-order valence-corrected chi connectivity index (χ1v) is 15.1. The van der Waals surface area contributed by atoms with Crippen LogP contribution in [-0.4, -0.2) is 17.7 Å². The van der Waals surface area contributed by atoms with Gasteiger partial charge in [-0.05, 0) is 70.8 Å². The summed E-state index contributed by atoms with van der Waals surface area (Å²) in [4.78, 5) is 14.6. The molecule has 0 bridgehead atoms. The van der Waals surface area contributed by atoms with E-state index in [0.717, 1.165) is 50.0 Å². The molecule has 0 spiro atoms. The van der Waals surface area contributed by atoms with Crippen LogP contribution in [0.15, 0.2) is 108 Å². The van der Waals surface area contributed by atoms with Gasteiger partial charge in [0.2, 0.25) is 0 Å². The number of furan rings is 1. The summed E-state index contributed by atoms with van der Waals surface area (Å²) in [7, 11) is 0. The van der Waals surface area contributed by atoms with Crippen molar-refractivity contribution in [3.05, 3.63) is 114 Å². The summed E-state index contributed by atoms with van der Waals surface area (Å²) >= 11 is 3.49. The van der Waals surface area contributed by atoms with Gasteiger partial charge in [-0.3, -0.25) is 4.79 Å². The predicted molar refractivity (Wildman–Crippen MR) is 169 cm³/mol. The van der Waals surface area contributed by atoms with Gasteiger partial charge in [-0.15, -0.1) is 0 Å². The van der Waals surface area contributed by atoms with Crippen LogP contribution in [-0.2, 0) is 0 Å². The average Bonchev–Trinajstić information content (AvgIpc) is 3.39. The molecule has 1 aromatic heterocycles. The lowest BCUT2D eigenvalue weighted by molar-refractivity contribution is 0.104. The molecule has 0 N–H and O–H groups in total. The molecule has 0 atom stereocenters. The minimum atomic E-state index is -0.0341. The second-order valence-corrected chi connectivity index (χ2v) is 10.9. The Morgan fingerprint density at radius 1 is 0.650 bits per heavy atom. The fraction of sp³-hybridized carbons (Fsp3) is 0.194. The lowest BCUT2D eigenvalue weighted by Gasteiger charge is -2.12. The minimum Gasteiger partial charge on any atom is -0.494 e. The van der Waals surface area contributed by atoms with Crippen molar-refractivity contribution in [1.29, 1.82) is 0 Å². The number of unbranched alkanes of at least 4 members (excludes halogenated alkanes) is 4. The summed E-state index contributed by atoms with van der Waals surface area (Å²) in [6, 6.07) is 34.0. The lowest BCUT2D eigenvalue weighted by atomic mass is 9.90. The molecular formula is C36H31BrO3.